The molecule has 0 aromatic carbocycles. The SMILES string of the molecule is NCc1nc(C=O)cc(OC(F)(F)F)c1N. The van der Waals surface area contributed by atoms with Crippen molar-refractivity contribution < 1.29 is 22.7 Å². The lowest BCUT2D eigenvalue weighted by molar-refractivity contribution is -0.274. The Balaban J connectivity index is 3.21. The summed E-state index contributed by atoms with van der Waals surface area (Å²) in [5.41, 5.74) is 9.97. The number of hydrogen-bond acceptors (Lipinski definition) is 5. The smallest absolute Gasteiger partial charge is 0.403 e. The van der Waals surface area contributed by atoms with Crippen LogP contribution in [0, 0.1) is 0 Å². The van der Waals surface area contributed by atoms with E-state index in [9.17, 15) is 18.0 Å². The van der Waals surface area contributed by atoms with E-state index in [4.69, 9.17) is 11.5 Å². The van der Waals surface area contributed by atoms with Gasteiger partial charge < -0.3 is 16.2 Å². The summed E-state index contributed by atoms with van der Waals surface area (Å²) in [6.07, 6.45) is -4.61. The monoisotopic (exact) mass is 235 g/mol. The van der Waals surface area contributed by atoms with Gasteiger partial charge in [-0.05, 0) is 0 Å². The lowest BCUT2D eigenvalue weighted by Gasteiger charge is -2.13. The summed E-state index contributed by atoms with van der Waals surface area (Å²) in [6.45, 7) is -0.193. The van der Waals surface area contributed by atoms with Gasteiger partial charge in [-0.1, -0.05) is 0 Å². The Morgan fingerprint density at radius 2 is 2.12 bits per heavy atom. The average molecular weight is 235 g/mol. The Bertz CT molecular complexity index is 406. The number of carbonyl (C=O) groups is 1. The number of nitrogens with zero attached hydrogens (tertiary/aromatic N) is 1. The number of anilines is 1. The van der Waals surface area contributed by atoms with Crippen LogP contribution in [0.3, 0.4) is 0 Å². The lowest BCUT2D eigenvalue weighted by Crippen LogP contribution is -2.19. The van der Waals surface area contributed by atoms with Gasteiger partial charge >= 0.3 is 6.36 Å². The van der Waals surface area contributed by atoms with Gasteiger partial charge in [-0.2, -0.15) is 0 Å². The molecule has 0 unspecified atom stereocenters. The predicted octanol–water partition coefficient (Wildman–Crippen LogP) is 0.834. The van der Waals surface area contributed by atoms with Crippen molar-refractivity contribution >= 4 is 12.0 Å². The van der Waals surface area contributed by atoms with Gasteiger partial charge in [0.15, 0.2) is 12.0 Å². The van der Waals surface area contributed by atoms with Crippen LogP contribution < -0.4 is 16.2 Å². The molecule has 1 rings (SSSR count). The third-order valence-corrected chi connectivity index (χ3v) is 1.66. The number of pyridine rings is 1. The number of nitrogens with two attached hydrogens (primary N) is 2. The molecule has 0 aliphatic rings. The van der Waals surface area contributed by atoms with Crippen molar-refractivity contribution in [3.05, 3.63) is 17.5 Å². The highest BCUT2D eigenvalue weighted by atomic mass is 19.4. The zero-order valence-electron chi connectivity index (χ0n) is 7.91. The lowest BCUT2D eigenvalue weighted by atomic mass is 10.2. The minimum Gasteiger partial charge on any atom is -0.403 e. The minimum absolute atomic E-state index is 0.0242. The van der Waals surface area contributed by atoms with Crippen LogP contribution >= 0.6 is 0 Å². The standard InChI is InChI=1S/C8H8F3N3O2/c9-8(10,11)16-6-1-4(3-15)14-5(2-12)7(6)13/h1,3H,2,12-13H2. The molecule has 88 valence electrons. The van der Waals surface area contributed by atoms with Gasteiger partial charge in [-0.3, -0.25) is 4.79 Å². The fraction of sp³-hybridized carbons (Fsp3) is 0.250. The summed E-state index contributed by atoms with van der Waals surface area (Å²) in [5, 5.41) is 0. The zero-order valence-corrected chi connectivity index (χ0v) is 7.91. The normalized spacial score (nSPS) is 11.2. The molecule has 16 heavy (non-hydrogen) atoms. The maximum absolute atomic E-state index is 12.0. The fourth-order valence-corrected chi connectivity index (χ4v) is 1.03. The van der Waals surface area contributed by atoms with Gasteiger partial charge in [-0.25, -0.2) is 4.98 Å². The third-order valence-electron chi connectivity index (χ3n) is 1.66. The number of aldehydes is 1. The van der Waals surface area contributed by atoms with Crippen LogP contribution in [0.1, 0.15) is 16.2 Å². The number of halogens is 3. The van der Waals surface area contributed by atoms with Crippen molar-refractivity contribution in [2.24, 2.45) is 5.73 Å². The highest BCUT2D eigenvalue weighted by molar-refractivity contribution is 5.75. The van der Waals surface area contributed by atoms with E-state index in [1.807, 2.05) is 0 Å². The van der Waals surface area contributed by atoms with Gasteiger partial charge in [0.1, 0.15) is 5.69 Å². The quantitative estimate of drug-likeness (QED) is 0.757. The molecule has 0 radical (unpaired) electrons. The van der Waals surface area contributed by atoms with E-state index < -0.39 is 12.1 Å². The number of hydrogen-bond donors (Lipinski definition) is 2. The van der Waals surface area contributed by atoms with Gasteiger partial charge in [0.25, 0.3) is 0 Å². The molecule has 0 fully saturated rings. The Kier molecular flexibility index (Phi) is 3.33. The van der Waals surface area contributed by atoms with Gasteiger partial charge in [0.05, 0.1) is 11.4 Å². The van der Waals surface area contributed by atoms with Gasteiger partial charge in [-0.15, -0.1) is 13.2 Å². The first kappa shape index (κ1) is 12.2. The molecule has 0 saturated heterocycles. The van der Waals surface area contributed by atoms with E-state index in [-0.39, 0.29) is 29.9 Å². The summed E-state index contributed by atoms with van der Waals surface area (Å²) in [6, 6.07) is 0.801. The minimum atomic E-state index is -4.89. The number of nitrogen functional groups attached to an aromatic ring is 1. The Hall–Kier alpha value is -1.83. The second-order valence-corrected chi connectivity index (χ2v) is 2.78. The molecule has 0 saturated carbocycles. The molecule has 5 nitrogen and oxygen atoms in total. The molecule has 1 aromatic rings. The molecule has 0 spiro atoms. The van der Waals surface area contributed by atoms with Crippen molar-refractivity contribution in [2.45, 2.75) is 12.9 Å². The average Bonchev–Trinajstić information content (AvgIpc) is 2.19. The molecule has 0 aliphatic heterocycles. The van der Waals surface area contributed by atoms with Crippen LogP contribution in [0.4, 0.5) is 18.9 Å². The van der Waals surface area contributed by atoms with E-state index in [0.717, 1.165) is 6.07 Å². The zero-order chi connectivity index (χ0) is 12.3. The van der Waals surface area contributed by atoms with E-state index in [2.05, 4.69) is 9.72 Å². The summed E-state index contributed by atoms with van der Waals surface area (Å²) in [4.78, 5) is 14.1. The second-order valence-electron chi connectivity index (χ2n) is 2.78. The summed E-state index contributed by atoms with van der Waals surface area (Å²) in [5.74, 6) is -0.676. The first-order chi connectivity index (χ1) is 7.37. The number of rotatable bonds is 3. The molecule has 1 heterocycles. The van der Waals surface area contributed by atoms with E-state index >= 15 is 0 Å². The topological polar surface area (TPSA) is 91.2 Å². The van der Waals surface area contributed by atoms with Crippen LogP contribution in [-0.2, 0) is 6.54 Å². The van der Waals surface area contributed by atoms with Crippen molar-refractivity contribution in [3.8, 4) is 5.75 Å². The molecule has 0 bridgehead atoms. The van der Waals surface area contributed by atoms with Crippen molar-refractivity contribution in [3.63, 3.8) is 0 Å². The first-order valence-corrected chi connectivity index (χ1v) is 4.07. The highest BCUT2D eigenvalue weighted by Crippen LogP contribution is 2.30. The van der Waals surface area contributed by atoms with Gasteiger partial charge in [0, 0.05) is 12.6 Å². The van der Waals surface area contributed by atoms with Crippen molar-refractivity contribution in [1.82, 2.24) is 4.98 Å². The Labute approximate surface area is 88.2 Å². The van der Waals surface area contributed by atoms with E-state index in [0.29, 0.717) is 0 Å². The molecular formula is C8H8F3N3O2. The van der Waals surface area contributed by atoms with Crippen LogP contribution in [0.15, 0.2) is 6.07 Å². The number of ether oxygens (including phenoxy) is 1. The molecule has 1 aromatic heterocycles. The highest BCUT2D eigenvalue weighted by Gasteiger charge is 2.32. The van der Waals surface area contributed by atoms with Crippen LogP contribution in [0.25, 0.3) is 0 Å². The molecule has 0 amide bonds. The molecular weight excluding hydrogens is 227 g/mol. The van der Waals surface area contributed by atoms with Crippen LogP contribution in [0.2, 0.25) is 0 Å². The van der Waals surface area contributed by atoms with Crippen LogP contribution in [-0.4, -0.2) is 17.6 Å². The van der Waals surface area contributed by atoms with Crippen LogP contribution in [0.5, 0.6) is 5.75 Å². The van der Waals surface area contributed by atoms with Crippen molar-refractivity contribution in [2.75, 3.05) is 5.73 Å². The summed E-state index contributed by atoms with van der Waals surface area (Å²) >= 11 is 0. The Morgan fingerprint density at radius 3 is 2.56 bits per heavy atom. The fourth-order valence-electron chi connectivity index (χ4n) is 1.03. The maximum Gasteiger partial charge on any atom is 0.573 e. The molecule has 8 heteroatoms. The number of carbonyl (C=O) groups excluding carboxylic acids is 1. The first-order valence-electron chi connectivity index (χ1n) is 4.07. The number of alkyl halides is 3. The molecule has 4 N–H and O–H groups in total. The second kappa shape index (κ2) is 4.35. The Morgan fingerprint density at radius 1 is 1.50 bits per heavy atom. The van der Waals surface area contributed by atoms with Gasteiger partial charge in [0.2, 0.25) is 0 Å². The molecule has 0 atom stereocenters. The van der Waals surface area contributed by atoms with E-state index in [1.54, 1.807) is 0 Å². The largest absolute Gasteiger partial charge is 0.573 e. The summed E-state index contributed by atoms with van der Waals surface area (Å²) in [7, 11) is 0. The number of aromatic nitrogens is 1. The van der Waals surface area contributed by atoms with E-state index in [1.165, 1.54) is 0 Å². The predicted molar refractivity (Wildman–Crippen MR) is 48.6 cm³/mol. The summed E-state index contributed by atoms with van der Waals surface area (Å²) < 4.78 is 39.6. The third kappa shape index (κ3) is 2.83. The molecule has 0 aliphatic carbocycles. The van der Waals surface area contributed by atoms with Crippen molar-refractivity contribution in [1.29, 1.82) is 0 Å². The maximum atomic E-state index is 12.0.